The van der Waals surface area contributed by atoms with Gasteiger partial charge in [-0.1, -0.05) is 12.1 Å². The highest BCUT2D eigenvalue weighted by atomic mass is 16.2. The maximum Gasteiger partial charge on any atom is 0.261 e. The average Bonchev–Trinajstić information content (AvgIpc) is 2.77. The average molecular weight is 317 g/mol. The van der Waals surface area contributed by atoms with Gasteiger partial charge in [-0.15, -0.1) is 0 Å². The molecule has 0 saturated carbocycles. The lowest BCUT2D eigenvalue weighted by atomic mass is 10.1. The zero-order chi connectivity index (χ0) is 16.8. The van der Waals surface area contributed by atoms with Crippen molar-refractivity contribution in [2.24, 2.45) is 0 Å². The van der Waals surface area contributed by atoms with Gasteiger partial charge in [0, 0.05) is 19.5 Å². The number of hydrogen-bond donors (Lipinski definition) is 1. The van der Waals surface area contributed by atoms with E-state index in [-0.39, 0.29) is 24.3 Å². The molecular formula is C17H23N3O3. The van der Waals surface area contributed by atoms with Crippen LogP contribution in [0.3, 0.4) is 0 Å². The van der Waals surface area contributed by atoms with Gasteiger partial charge in [0.25, 0.3) is 11.8 Å². The fourth-order valence-electron chi connectivity index (χ4n) is 2.55. The fourth-order valence-corrected chi connectivity index (χ4v) is 2.55. The number of carbonyl (C=O) groups is 3. The molecular weight excluding hydrogens is 294 g/mol. The van der Waals surface area contributed by atoms with Crippen LogP contribution in [0.1, 0.15) is 40.0 Å². The van der Waals surface area contributed by atoms with E-state index in [9.17, 15) is 14.4 Å². The molecule has 1 aliphatic rings. The molecule has 0 bridgehead atoms. The molecule has 6 heteroatoms. The Morgan fingerprint density at radius 1 is 1.09 bits per heavy atom. The Labute approximate surface area is 136 Å². The van der Waals surface area contributed by atoms with E-state index in [0.29, 0.717) is 30.5 Å². The molecule has 2 rings (SSSR count). The summed E-state index contributed by atoms with van der Waals surface area (Å²) in [6.45, 7) is 1.84. The predicted octanol–water partition coefficient (Wildman–Crippen LogP) is 1.13. The van der Waals surface area contributed by atoms with E-state index >= 15 is 0 Å². The zero-order valence-electron chi connectivity index (χ0n) is 13.7. The minimum atomic E-state index is -0.267. The lowest BCUT2D eigenvalue weighted by molar-refractivity contribution is -0.121. The van der Waals surface area contributed by atoms with Crippen LogP contribution < -0.4 is 5.32 Å². The zero-order valence-corrected chi connectivity index (χ0v) is 13.7. The van der Waals surface area contributed by atoms with E-state index in [1.165, 1.54) is 4.90 Å². The molecule has 0 aliphatic carbocycles. The molecule has 124 valence electrons. The fraction of sp³-hybridized carbons (Fsp3) is 0.471. The SMILES string of the molecule is CN(C)CCCNC(=O)CCCN1C(=O)c2ccccc2C1=O. The Morgan fingerprint density at radius 3 is 2.26 bits per heavy atom. The van der Waals surface area contributed by atoms with Crippen LogP contribution in [0.5, 0.6) is 0 Å². The molecule has 1 aliphatic heterocycles. The van der Waals surface area contributed by atoms with E-state index in [1.54, 1.807) is 24.3 Å². The summed E-state index contributed by atoms with van der Waals surface area (Å²) >= 11 is 0. The Bertz CT molecular complexity index is 564. The van der Waals surface area contributed by atoms with Crippen molar-refractivity contribution in [2.75, 3.05) is 33.7 Å². The number of amides is 3. The number of fused-ring (bicyclic) bond motifs is 1. The van der Waals surface area contributed by atoms with Crippen molar-refractivity contribution in [2.45, 2.75) is 19.3 Å². The first-order chi connectivity index (χ1) is 11.0. The number of carbonyl (C=O) groups excluding carboxylic acids is 3. The molecule has 1 aromatic rings. The number of imide groups is 1. The summed E-state index contributed by atoms with van der Waals surface area (Å²) in [5.41, 5.74) is 0.899. The van der Waals surface area contributed by atoms with Crippen LogP contribution in [0.15, 0.2) is 24.3 Å². The first-order valence-corrected chi connectivity index (χ1v) is 7.87. The highest BCUT2D eigenvalue weighted by Crippen LogP contribution is 2.22. The summed E-state index contributed by atoms with van der Waals surface area (Å²) in [7, 11) is 3.98. The van der Waals surface area contributed by atoms with Crippen LogP contribution in [-0.4, -0.2) is 61.3 Å². The van der Waals surface area contributed by atoms with Crippen molar-refractivity contribution in [1.29, 1.82) is 0 Å². The van der Waals surface area contributed by atoms with E-state index in [0.717, 1.165) is 13.0 Å². The highest BCUT2D eigenvalue weighted by Gasteiger charge is 2.34. The second-order valence-electron chi connectivity index (χ2n) is 5.92. The molecule has 0 radical (unpaired) electrons. The molecule has 1 aromatic carbocycles. The summed E-state index contributed by atoms with van der Waals surface area (Å²) in [6.07, 6.45) is 1.69. The minimum Gasteiger partial charge on any atom is -0.356 e. The van der Waals surface area contributed by atoms with Crippen molar-refractivity contribution >= 4 is 17.7 Å². The Hall–Kier alpha value is -2.21. The van der Waals surface area contributed by atoms with Gasteiger partial charge in [0.15, 0.2) is 0 Å². The molecule has 0 aromatic heterocycles. The van der Waals surface area contributed by atoms with Gasteiger partial charge < -0.3 is 10.2 Å². The number of rotatable bonds is 8. The monoisotopic (exact) mass is 317 g/mol. The summed E-state index contributed by atoms with van der Waals surface area (Å²) < 4.78 is 0. The molecule has 1 heterocycles. The van der Waals surface area contributed by atoms with Gasteiger partial charge in [0.05, 0.1) is 11.1 Å². The van der Waals surface area contributed by atoms with Gasteiger partial charge >= 0.3 is 0 Å². The first kappa shape index (κ1) is 17.1. The molecule has 23 heavy (non-hydrogen) atoms. The lowest BCUT2D eigenvalue weighted by Gasteiger charge is -2.13. The van der Waals surface area contributed by atoms with Crippen molar-refractivity contribution in [3.8, 4) is 0 Å². The standard InChI is InChI=1S/C17H23N3O3/c1-19(2)11-6-10-18-15(21)9-5-12-20-16(22)13-7-3-4-8-14(13)17(20)23/h3-4,7-8H,5-6,9-12H2,1-2H3,(H,18,21). The van der Waals surface area contributed by atoms with Crippen LogP contribution in [-0.2, 0) is 4.79 Å². The van der Waals surface area contributed by atoms with Crippen LogP contribution in [0.25, 0.3) is 0 Å². The van der Waals surface area contributed by atoms with Gasteiger partial charge in [0.2, 0.25) is 5.91 Å². The maximum atomic E-state index is 12.2. The highest BCUT2D eigenvalue weighted by molar-refractivity contribution is 6.21. The number of nitrogens with one attached hydrogen (secondary N) is 1. The van der Waals surface area contributed by atoms with Gasteiger partial charge in [-0.05, 0) is 45.6 Å². The van der Waals surface area contributed by atoms with E-state index in [1.807, 2.05) is 14.1 Å². The lowest BCUT2D eigenvalue weighted by Crippen LogP contribution is -2.32. The Kier molecular flexibility index (Phi) is 5.87. The number of hydrogen-bond acceptors (Lipinski definition) is 4. The van der Waals surface area contributed by atoms with Crippen LogP contribution in [0.4, 0.5) is 0 Å². The predicted molar refractivity (Wildman–Crippen MR) is 87.2 cm³/mol. The van der Waals surface area contributed by atoms with Crippen LogP contribution >= 0.6 is 0 Å². The summed E-state index contributed by atoms with van der Waals surface area (Å²) in [4.78, 5) is 39.3. The van der Waals surface area contributed by atoms with E-state index in [2.05, 4.69) is 10.2 Å². The minimum absolute atomic E-state index is 0.0413. The molecule has 0 unspecified atom stereocenters. The maximum absolute atomic E-state index is 12.2. The molecule has 3 amide bonds. The number of benzene rings is 1. The van der Waals surface area contributed by atoms with E-state index < -0.39 is 0 Å². The summed E-state index contributed by atoms with van der Waals surface area (Å²) in [5, 5.41) is 2.85. The van der Waals surface area contributed by atoms with Crippen LogP contribution in [0, 0.1) is 0 Å². The third kappa shape index (κ3) is 4.39. The second kappa shape index (κ2) is 7.87. The smallest absolute Gasteiger partial charge is 0.261 e. The summed E-state index contributed by atoms with van der Waals surface area (Å²) in [5.74, 6) is -0.575. The van der Waals surface area contributed by atoms with Crippen molar-refractivity contribution in [1.82, 2.24) is 15.1 Å². The topological polar surface area (TPSA) is 69.7 Å². The van der Waals surface area contributed by atoms with Crippen molar-refractivity contribution in [3.05, 3.63) is 35.4 Å². The third-order valence-electron chi connectivity index (χ3n) is 3.77. The molecule has 0 saturated heterocycles. The largest absolute Gasteiger partial charge is 0.356 e. The number of nitrogens with zero attached hydrogens (tertiary/aromatic N) is 2. The molecule has 0 spiro atoms. The Balaban J connectivity index is 1.72. The second-order valence-corrected chi connectivity index (χ2v) is 5.92. The van der Waals surface area contributed by atoms with Gasteiger partial charge in [-0.25, -0.2) is 0 Å². The van der Waals surface area contributed by atoms with Crippen molar-refractivity contribution in [3.63, 3.8) is 0 Å². The molecule has 1 N–H and O–H groups in total. The summed E-state index contributed by atoms with van der Waals surface area (Å²) in [6, 6.07) is 6.81. The van der Waals surface area contributed by atoms with Crippen LogP contribution in [0.2, 0.25) is 0 Å². The Morgan fingerprint density at radius 2 is 1.70 bits per heavy atom. The normalized spacial score (nSPS) is 13.6. The third-order valence-corrected chi connectivity index (χ3v) is 3.77. The first-order valence-electron chi connectivity index (χ1n) is 7.87. The van der Waals surface area contributed by atoms with E-state index in [4.69, 9.17) is 0 Å². The van der Waals surface area contributed by atoms with Crippen molar-refractivity contribution < 1.29 is 14.4 Å². The van der Waals surface area contributed by atoms with Gasteiger partial charge in [-0.2, -0.15) is 0 Å². The quantitative estimate of drug-likeness (QED) is 0.576. The molecule has 0 fully saturated rings. The molecule has 6 nitrogen and oxygen atoms in total. The van der Waals surface area contributed by atoms with Gasteiger partial charge in [-0.3, -0.25) is 19.3 Å². The van der Waals surface area contributed by atoms with Gasteiger partial charge in [0.1, 0.15) is 0 Å². The molecule has 0 atom stereocenters.